The number of allylic oxidation sites excluding steroid dienone is 2. The third-order valence-electron chi connectivity index (χ3n) is 8.11. The molecule has 1 aromatic carbocycles. The molecule has 2 aliphatic carbocycles. The van der Waals surface area contributed by atoms with E-state index in [1.807, 2.05) is 0 Å². The molecule has 0 aromatic heterocycles. The fourth-order valence-corrected chi connectivity index (χ4v) is 6.20. The number of rotatable bonds is 11. The van der Waals surface area contributed by atoms with Crippen LogP contribution in [0.5, 0.6) is 0 Å². The van der Waals surface area contributed by atoms with Gasteiger partial charge in [0.05, 0.1) is 32.0 Å². The van der Waals surface area contributed by atoms with Gasteiger partial charge >= 0.3 is 5.97 Å². The van der Waals surface area contributed by atoms with Gasteiger partial charge in [0.15, 0.2) is 0 Å². The van der Waals surface area contributed by atoms with Gasteiger partial charge in [-0.2, -0.15) is 0 Å². The Morgan fingerprint density at radius 1 is 1.09 bits per heavy atom. The molecular weight excluding hydrogens is 442 g/mol. The van der Waals surface area contributed by atoms with Crippen LogP contribution < -0.4 is 0 Å². The van der Waals surface area contributed by atoms with Crippen molar-refractivity contribution in [3.05, 3.63) is 47.5 Å². The Hall–Kier alpha value is -1.73. The zero-order valence-corrected chi connectivity index (χ0v) is 21.0. The number of nitrogens with zero attached hydrogens (tertiary/aromatic N) is 1. The first-order chi connectivity index (χ1) is 17.1. The Bertz CT molecular complexity index is 798. The Labute approximate surface area is 210 Å². The number of aliphatic hydroxyl groups excluding tert-OH is 1. The van der Waals surface area contributed by atoms with E-state index in [-0.39, 0.29) is 24.5 Å². The first kappa shape index (κ1) is 26.3. The third kappa shape index (κ3) is 7.63. The number of hydrogen-bond acceptors (Lipinski definition) is 5. The number of carbonyl (C=O) groups is 1. The van der Waals surface area contributed by atoms with Gasteiger partial charge in [0.2, 0.25) is 0 Å². The highest BCUT2D eigenvalue weighted by molar-refractivity contribution is 5.66. The number of unbranched alkanes of at least 4 members (excludes halogenated alkanes) is 1. The quantitative estimate of drug-likeness (QED) is 0.343. The second kappa shape index (κ2) is 13.5. The summed E-state index contributed by atoms with van der Waals surface area (Å²) < 4.78 is 12.0. The first-order valence-corrected chi connectivity index (χ1v) is 13.7. The predicted octanol–water partition coefficient (Wildman–Crippen LogP) is 4.90. The molecule has 6 nitrogen and oxygen atoms in total. The van der Waals surface area contributed by atoms with E-state index in [0.29, 0.717) is 38.6 Å². The minimum Gasteiger partial charge on any atom is -0.481 e. The van der Waals surface area contributed by atoms with Crippen molar-refractivity contribution in [2.24, 2.45) is 5.92 Å². The number of carboxylic acids is 1. The SMILES string of the molecule is O=C(O)CCC/C=C\C[C@@H]1[C@@H](N2CCOCC2)[C@H](O)C[C@@H]1OCc1ccc(C2CCCCC2)cc1. The van der Waals surface area contributed by atoms with Crippen LogP contribution in [0.15, 0.2) is 36.4 Å². The number of hydrogen-bond donors (Lipinski definition) is 2. The summed E-state index contributed by atoms with van der Waals surface area (Å²) >= 11 is 0. The van der Waals surface area contributed by atoms with Crippen LogP contribution in [-0.4, -0.2) is 65.6 Å². The predicted molar refractivity (Wildman–Crippen MR) is 136 cm³/mol. The maximum absolute atomic E-state index is 11.0. The summed E-state index contributed by atoms with van der Waals surface area (Å²) in [6.45, 7) is 3.67. The zero-order valence-electron chi connectivity index (χ0n) is 21.0. The van der Waals surface area contributed by atoms with E-state index in [0.717, 1.165) is 25.9 Å². The lowest BCUT2D eigenvalue weighted by Gasteiger charge is -2.37. The van der Waals surface area contributed by atoms with Gasteiger partial charge in [-0.05, 0) is 49.1 Å². The highest BCUT2D eigenvalue weighted by Crippen LogP contribution is 2.37. The van der Waals surface area contributed by atoms with Gasteiger partial charge in [0, 0.05) is 37.9 Å². The van der Waals surface area contributed by atoms with Gasteiger partial charge < -0.3 is 19.7 Å². The summed E-state index contributed by atoms with van der Waals surface area (Å²) in [5.74, 6) is 0.176. The van der Waals surface area contributed by atoms with E-state index in [9.17, 15) is 9.90 Å². The van der Waals surface area contributed by atoms with E-state index < -0.39 is 12.1 Å². The Morgan fingerprint density at radius 2 is 1.83 bits per heavy atom. The molecule has 35 heavy (non-hydrogen) atoms. The smallest absolute Gasteiger partial charge is 0.303 e. The molecular formula is C29H43NO5. The Balaban J connectivity index is 1.35. The van der Waals surface area contributed by atoms with Crippen molar-refractivity contribution in [1.82, 2.24) is 4.90 Å². The van der Waals surface area contributed by atoms with Crippen LogP contribution in [0.2, 0.25) is 0 Å². The van der Waals surface area contributed by atoms with Crippen molar-refractivity contribution in [3.8, 4) is 0 Å². The maximum atomic E-state index is 11.0. The molecule has 4 atom stereocenters. The summed E-state index contributed by atoms with van der Waals surface area (Å²) in [6, 6.07) is 9.07. The standard InChI is InChI=1S/C29H43NO5/c31-26-20-27(35-21-22-12-14-24(15-13-22)23-8-4-3-5-9-23)25(10-6-1-2-7-11-28(32)33)29(26)30-16-18-34-19-17-30/h1,6,12-15,23,25-27,29,31H,2-5,7-11,16-21H2,(H,32,33)/b6-1-/t25-,26+,27-,29+/m0/s1. The van der Waals surface area contributed by atoms with Crippen LogP contribution in [-0.2, 0) is 20.9 Å². The molecule has 3 fully saturated rings. The summed E-state index contributed by atoms with van der Waals surface area (Å²) in [6.07, 6.45) is 13.6. The van der Waals surface area contributed by atoms with E-state index in [2.05, 4.69) is 41.3 Å². The second-order valence-electron chi connectivity index (χ2n) is 10.5. The van der Waals surface area contributed by atoms with Gasteiger partial charge in [0.1, 0.15) is 0 Å². The molecule has 1 saturated heterocycles. The molecule has 4 rings (SSSR count). The third-order valence-corrected chi connectivity index (χ3v) is 8.11. The molecule has 0 spiro atoms. The van der Waals surface area contributed by atoms with Crippen LogP contribution in [0, 0.1) is 5.92 Å². The van der Waals surface area contributed by atoms with Crippen molar-refractivity contribution < 1.29 is 24.5 Å². The van der Waals surface area contributed by atoms with Crippen LogP contribution >= 0.6 is 0 Å². The van der Waals surface area contributed by atoms with Crippen molar-refractivity contribution in [2.75, 3.05) is 26.3 Å². The number of aliphatic hydroxyl groups is 1. The number of morpholine rings is 1. The Morgan fingerprint density at radius 3 is 2.54 bits per heavy atom. The number of benzene rings is 1. The van der Waals surface area contributed by atoms with Gasteiger partial charge in [-0.15, -0.1) is 0 Å². The van der Waals surface area contributed by atoms with Crippen molar-refractivity contribution >= 4 is 5.97 Å². The molecule has 2 N–H and O–H groups in total. The summed E-state index contributed by atoms with van der Waals surface area (Å²) in [5.41, 5.74) is 2.65. The molecule has 0 radical (unpaired) electrons. The van der Waals surface area contributed by atoms with Gasteiger partial charge in [-0.1, -0.05) is 55.7 Å². The molecule has 3 aliphatic rings. The molecule has 0 unspecified atom stereocenters. The molecule has 1 aromatic rings. The van der Waals surface area contributed by atoms with Crippen LogP contribution in [0.1, 0.15) is 81.3 Å². The van der Waals surface area contributed by atoms with E-state index in [4.69, 9.17) is 14.6 Å². The fourth-order valence-electron chi connectivity index (χ4n) is 6.20. The summed E-state index contributed by atoms with van der Waals surface area (Å²) in [5, 5.41) is 19.8. The van der Waals surface area contributed by atoms with Gasteiger partial charge in [0.25, 0.3) is 0 Å². The van der Waals surface area contributed by atoms with E-state index in [1.54, 1.807) is 0 Å². The Kier molecular flexibility index (Phi) is 10.2. The molecule has 2 saturated carbocycles. The van der Waals surface area contributed by atoms with Crippen molar-refractivity contribution in [2.45, 2.75) is 95.0 Å². The monoisotopic (exact) mass is 485 g/mol. The molecule has 1 heterocycles. The summed E-state index contributed by atoms with van der Waals surface area (Å²) in [4.78, 5) is 13.1. The maximum Gasteiger partial charge on any atom is 0.303 e. The average Bonchev–Trinajstić information content (AvgIpc) is 3.20. The topological polar surface area (TPSA) is 79.2 Å². The molecule has 194 valence electrons. The lowest BCUT2D eigenvalue weighted by Crippen LogP contribution is -2.50. The lowest BCUT2D eigenvalue weighted by atomic mass is 9.84. The van der Waals surface area contributed by atoms with Gasteiger partial charge in [-0.25, -0.2) is 0 Å². The van der Waals surface area contributed by atoms with Crippen LogP contribution in [0.3, 0.4) is 0 Å². The lowest BCUT2D eigenvalue weighted by molar-refractivity contribution is -0.137. The first-order valence-electron chi connectivity index (χ1n) is 13.7. The highest BCUT2D eigenvalue weighted by atomic mass is 16.5. The minimum atomic E-state index is -0.745. The number of ether oxygens (including phenoxy) is 2. The number of aliphatic carboxylic acids is 1. The van der Waals surface area contributed by atoms with Crippen LogP contribution in [0.4, 0.5) is 0 Å². The summed E-state index contributed by atoms with van der Waals surface area (Å²) in [7, 11) is 0. The van der Waals surface area contributed by atoms with E-state index >= 15 is 0 Å². The normalized spacial score (nSPS) is 28.6. The molecule has 1 aliphatic heterocycles. The average molecular weight is 486 g/mol. The van der Waals surface area contributed by atoms with E-state index in [1.165, 1.54) is 43.2 Å². The fraction of sp³-hybridized carbons (Fsp3) is 0.690. The van der Waals surface area contributed by atoms with Gasteiger partial charge in [-0.3, -0.25) is 9.69 Å². The second-order valence-corrected chi connectivity index (χ2v) is 10.5. The minimum absolute atomic E-state index is 0.000430. The molecule has 0 bridgehead atoms. The highest BCUT2D eigenvalue weighted by Gasteiger charge is 2.45. The van der Waals surface area contributed by atoms with Crippen molar-refractivity contribution in [3.63, 3.8) is 0 Å². The zero-order chi connectivity index (χ0) is 24.5. The largest absolute Gasteiger partial charge is 0.481 e. The van der Waals surface area contributed by atoms with Crippen LogP contribution in [0.25, 0.3) is 0 Å². The number of carboxylic acid groups (broad SMARTS) is 1. The molecule has 0 amide bonds. The molecule has 6 heteroatoms. The van der Waals surface area contributed by atoms with Crippen molar-refractivity contribution in [1.29, 1.82) is 0 Å².